The van der Waals surface area contributed by atoms with Crippen LogP contribution in [0.3, 0.4) is 0 Å². The van der Waals surface area contributed by atoms with Crippen molar-refractivity contribution in [2.24, 2.45) is 5.92 Å². The van der Waals surface area contributed by atoms with Crippen LogP contribution in [-0.4, -0.2) is 27.3 Å². The third kappa shape index (κ3) is 5.70. The zero-order valence-electron chi connectivity index (χ0n) is 17.7. The second kappa shape index (κ2) is 9.90. The predicted molar refractivity (Wildman–Crippen MR) is 122 cm³/mol. The highest BCUT2D eigenvalue weighted by atomic mass is 35.5. The Morgan fingerprint density at radius 3 is 2.50 bits per heavy atom. The van der Waals surface area contributed by atoms with Gasteiger partial charge in [-0.1, -0.05) is 56.6 Å². The predicted octanol–water partition coefficient (Wildman–Crippen LogP) is 4.76. The number of aromatic nitrogens is 2. The van der Waals surface area contributed by atoms with Gasteiger partial charge >= 0.3 is 0 Å². The van der Waals surface area contributed by atoms with Crippen LogP contribution in [0.1, 0.15) is 44.1 Å². The molecule has 0 spiro atoms. The number of carbonyl (C=O) groups excluding carboxylic acids is 1. The van der Waals surface area contributed by atoms with Crippen molar-refractivity contribution < 1.29 is 4.79 Å². The molecule has 3 aromatic rings. The van der Waals surface area contributed by atoms with Gasteiger partial charge in [-0.25, -0.2) is 4.98 Å². The van der Waals surface area contributed by atoms with Gasteiger partial charge in [-0.15, -0.1) is 0 Å². The molecule has 0 fully saturated rings. The molecule has 158 valence electrons. The monoisotopic (exact) mass is 425 g/mol. The van der Waals surface area contributed by atoms with Crippen molar-refractivity contribution in [3.63, 3.8) is 0 Å². The number of nitrogens with one attached hydrogen (secondary N) is 1. The van der Waals surface area contributed by atoms with Gasteiger partial charge in [0.05, 0.1) is 23.9 Å². The molecule has 0 aliphatic heterocycles. The number of hydrogen-bond acceptors (Lipinski definition) is 3. The Balaban J connectivity index is 1.76. The maximum absolute atomic E-state index is 13.0. The van der Waals surface area contributed by atoms with Gasteiger partial charge in [0.15, 0.2) is 0 Å². The standard InChI is InChI=1S/C24H28ClN3O2/c1-4-11-28(23(29)13-18-7-5-17(6-8-18)12-16(2)3)15-22-26-21-14-19(25)9-10-20(21)24(30)27-22/h5-10,14,16H,4,11-13,15H2,1-3H3,(H,26,27,30). The number of benzene rings is 2. The van der Waals surface area contributed by atoms with Gasteiger partial charge in [-0.05, 0) is 48.1 Å². The molecule has 6 heteroatoms. The lowest BCUT2D eigenvalue weighted by molar-refractivity contribution is -0.131. The summed E-state index contributed by atoms with van der Waals surface area (Å²) in [6.45, 7) is 7.27. The van der Waals surface area contributed by atoms with E-state index in [1.807, 2.05) is 19.1 Å². The third-order valence-electron chi connectivity index (χ3n) is 4.93. The van der Waals surface area contributed by atoms with Crippen LogP contribution in [0.15, 0.2) is 47.3 Å². The Labute approximate surface area is 182 Å². The molecule has 0 saturated carbocycles. The summed E-state index contributed by atoms with van der Waals surface area (Å²) >= 11 is 6.04. The molecule has 5 nitrogen and oxygen atoms in total. The summed E-state index contributed by atoms with van der Waals surface area (Å²) in [6.07, 6.45) is 2.18. The van der Waals surface area contributed by atoms with Gasteiger partial charge in [-0.2, -0.15) is 0 Å². The van der Waals surface area contributed by atoms with Crippen molar-refractivity contribution in [2.45, 2.75) is 46.6 Å². The molecule has 1 N–H and O–H groups in total. The lowest BCUT2D eigenvalue weighted by Gasteiger charge is -2.22. The van der Waals surface area contributed by atoms with E-state index >= 15 is 0 Å². The van der Waals surface area contributed by atoms with Crippen molar-refractivity contribution in [1.29, 1.82) is 0 Å². The first-order valence-electron chi connectivity index (χ1n) is 10.4. The molecule has 0 unspecified atom stereocenters. The highest BCUT2D eigenvalue weighted by Crippen LogP contribution is 2.16. The molecule has 0 atom stereocenters. The van der Waals surface area contributed by atoms with Crippen molar-refractivity contribution >= 4 is 28.4 Å². The van der Waals surface area contributed by atoms with E-state index in [4.69, 9.17) is 11.6 Å². The first-order chi connectivity index (χ1) is 14.4. The maximum atomic E-state index is 13.0. The number of halogens is 1. The first kappa shape index (κ1) is 22.0. The van der Waals surface area contributed by atoms with Gasteiger partial charge in [-0.3, -0.25) is 9.59 Å². The van der Waals surface area contributed by atoms with Crippen molar-refractivity contribution in [3.8, 4) is 0 Å². The van der Waals surface area contributed by atoms with Crippen LogP contribution in [0.25, 0.3) is 10.9 Å². The van der Waals surface area contributed by atoms with E-state index in [0.717, 1.165) is 18.4 Å². The molecule has 3 rings (SSSR count). The second-order valence-corrected chi connectivity index (χ2v) is 8.52. The van der Waals surface area contributed by atoms with E-state index in [2.05, 4.69) is 35.9 Å². The van der Waals surface area contributed by atoms with E-state index in [-0.39, 0.29) is 18.0 Å². The Bertz CT molecular complexity index is 1070. The van der Waals surface area contributed by atoms with Crippen LogP contribution in [0, 0.1) is 5.92 Å². The van der Waals surface area contributed by atoms with Crippen molar-refractivity contribution in [3.05, 3.63) is 74.8 Å². The molecule has 1 amide bonds. The number of amides is 1. The highest BCUT2D eigenvalue weighted by molar-refractivity contribution is 6.31. The molecular weight excluding hydrogens is 398 g/mol. The quantitative estimate of drug-likeness (QED) is 0.566. The number of fused-ring (bicyclic) bond motifs is 1. The molecule has 30 heavy (non-hydrogen) atoms. The molecule has 2 aromatic carbocycles. The lowest BCUT2D eigenvalue weighted by Crippen LogP contribution is -2.34. The van der Waals surface area contributed by atoms with Crippen molar-refractivity contribution in [1.82, 2.24) is 14.9 Å². The second-order valence-electron chi connectivity index (χ2n) is 8.08. The van der Waals surface area contributed by atoms with Crippen LogP contribution in [0.5, 0.6) is 0 Å². The first-order valence-corrected chi connectivity index (χ1v) is 10.8. The normalized spacial score (nSPS) is 11.2. The Hall–Kier alpha value is -2.66. The number of carbonyl (C=O) groups is 1. The van der Waals surface area contributed by atoms with E-state index < -0.39 is 0 Å². The van der Waals surface area contributed by atoms with Gasteiger partial charge in [0.25, 0.3) is 5.56 Å². The van der Waals surface area contributed by atoms with Crippen LogP contribution in [-0.2, 0) is 24.2 Å². The summed E-state index contributed by atoms with van der Waals surface area (Å²) in [5.41, 5.74) is 2.57. The van der Waals surface area contributed by atoms with Crippen LogP contribution in [0.4, 0.5) is 0 Å². The average molecular weight is 426 g/mol. The lowest BCUT2D eigenvalue weighted by atomic mass is 10.0. The Morgan fingerprint density at radius 1 is 1.13 bits per heavy atom. The molecule has 1 heterocycles. The minimum Gasteiger partial charge on any atom is -0.335 e. The molecule has 0 bridgehead atoms. The minimum absolute atomic E-state index is 0.0160. The molecular formula is C24H28ClN3O2. The topological polar surface area (TPSA) is 66.1 Å². The third-order valence-corrected chi connectivity index (χ3v) is 5.16. The number of hydrogen-bond donors (Lipinski definition) is 1. The summed E-state index contributed by atoms with van der Waals surface area (Å²) in [6, 6.07) is 13.2. The molecule has 0 aliphatic carbocycles. The largest absolute Gasteiger partial charge is 0.335 e. The summed E-state index contributed by atoms with van der Waals surface area (Å²) in [5.74, 6) is 1.08. The van der Waals surface area contributed by atoms with Crippen molar-refractivity contribution in [2.75, 3.05) is 6.54 Å². The fourth-order valence-corrected chi connectivity index (χ4v) is 3.70. The van der Waals surface area contributed by atoms with E-state index in [1.54, 1.807) is 23.1 Å². The summed E-state index contributed by atoms with van der Waals surface area (Å²) in [4.78, 5) is 34.4. The number of H-pyrrole nitrogens is 1. The summed E-state index contributed by atoms with van der Waals surface area (Å²) in [7, 11) is 0. The van der Waals surface area contributed by atoms with E-state index in [0.29, 0.717) is 40.6 Å². The number of aromatic amines is 1. The number of rotatable bonds is 8. The van der Waals surface area contributed by atoms with Gasteiger partial charge < -0.3 is 9.88 Å². The van der Waals surface area contributed by atoms with Gasteiger partial charge in [0.1, 0.15) is 5.82 Å². The smallest absolute Gasteiger partial charge is 0.258 e. The molecule has 0 saturated heterocycles. The van der Waals surface area contributed by atoms with E-state index in [1.165, 1.54) is 5.56 Å². The fourth-order valence-electron chi connectivity index (χ4n) is 3.53. The molecule has 0 radical (unpaired) electrons. The zero-order valence-corrected chi connectivity index (χ0v) is 18.5. The maximum Gasteiger partial charge on any atom is 0.258 e. The SMILES string of the molecule is CCCN(Cc1nc2cc(Cl)ccc2c(=O)[nH]1)C(=O)Cc1ccc(CC(C)C)cc1. The highest BCUT2D eigenvalue weighted by Gasteiger charge is 2.16. The summed E-state index contributed by atoms with van der Waals surface area (Å²) < 4.78 is 0. The molecule has 0 aliphatic rings. The summed E-state index contributed by atoms with van der Waals surface area (Å²) in [5, 5.41) is 1.01. The van der Waals surface area contributed by atoms with Crippen LogP contribution in [0.2, 0.25) is 5.02 Å². The van der Waals surface area contributed by atoms with Gasteiger partial charge in [0, 0.05) is 11.6 Å². The number of nitrogens with zero attached hydrogens (tertiary/aromatic N) is 2. The average Bonchev–Trinajstić information content (AvgIpc) is 2.68. The van der Waals surface area contributed by atoms with E-state index in [9.17, 15) is 9.59 Å². The van der Waals surface area contributed by atoms with Gasteiger partial charge in [0.2, 0.25) is 5.91 Å². The van der Waals surface area contributed by atoms with Crippen LogP contribution >= 0.6 is 11.6 Å². The fraction of sp³-hybridized carbons (Fsp3) is 0.375. The molecule has 1 aromatic heterocycles. The van der Waals surface area contributed by atoms with Crippen LogP contribution < -0.4 is 5.56 Å². The Kier molecular flexibility index (Phi) is 7.27. The zero-order chi connectivity index (χ0) is 21.7. The Morgan fingerprint density at radius 2 is 1.83 bits per heavy atom. The minimum atomic E-state index is -0.226.